The van der Waals surface area contributed by atoms with Crippen molar-refractivity contribution >= 4 is 22.8 Å². The Kier molecular flexibility index (Phi) is 6.13. The molecule has 2 N–H and O–H groups in total. The van der Waals surface area contributed by atoms with E-state index in [0.29, 0.717) is 23.3 Å². The number of fused-ring (bicyclic) bond motifs is 1. The molecule has 1 heterocycles. The fourth-order valence-electron chi connectivity index (χ4n) is 3.89. The Bertz CT molecular complexity index is 1250. The van der Waals surface area contributed by atoms with Gasteiger partial charge in [0.25, 0.3) is 5.78 Å². The number of benzene rings is 1. The van der Waals surface area contributed by atoms with E-state index in [2.05, 4.69) is 10.3 Å². The fourth-order valence-corrected chi connectivity index (χ4v) is 3.89. The van der Waals surface area contributed by atoms with Crippen molar-refractivity contribution in [2.24, 2.45) is 0 Å². The first-order valence-electron chi connectivity index (χ1n) is 10.3. The first kappa shape index (κ1) is 22.1. The van der Waals surface area contributed by atoms with E-state index in [0.717, 1.165) is 22.4 Å². The number of aromatic nitrogens is 1. The van der Waals surface area contributed by atoms with Crippen LogP contribution in [-0.2, 0) is 25.6 Å². The Labute approximate surface area is 190 Å². The quantitative estimate of drug-likeness (QED) is 0.652. The SMILES string of the molecule is COC1=CC(=CC2=C(C)/C(=C\C(=O)NCc3ccc[nH]3)c3cc(F)ccc32)C=C(OC)C1=O. The average molecular weight is 446 g/mol. The van der Waals surface area contributed by atoms with E-state index in [1.165, 1.54) is 32.4 Å². The van der Waals surface area contributed by atoms with Crippen LogP contribution in [0.4, 0.5) is 4.39 Å². The third kappa shape index (κ3) is 4.43. The monoisotopic (exact) mass is 446 g/mol. The molecule has 0 saturated carbocycles. The molecular formula is C26H23FN2O4. The van der Waals surface area contributed by atoms with Crippen molar-refractivity contribution in [3.63, 3.8) is 0 Å². The van der Waals surface area contributed by atoms with Gasteiger partial charge in [0.2, 0.25) is 5.91 Å². The summed E-state index contributed by atoms with van der Waals surface area (Å²) in [6.45, 7) is 2.23. The highest BCUT2D eigenvalue weighted by molar-refractivity contribution is 6.10. The summed E-state index contributed by atoms with van der Waals surface area (Å²) in [6.07, 6.45) is 8.39. The number of H-pyrrole nitrogens is 1. The first-order chi connectivity index (χ1) is 15.9. The summed E-state index contributed by atoms with van der Waals surface area (Å²) in [5.41, 5.74) is 5.26. The van der Waals surface area contributed by atoms with E-state index >= 15 is 0 Å². The minimum atomic E-state index is -0.389. The van der Waals surface area contributed by atoms with E-state index in [9.17, 15) is 14.0 Å². The van der Waals surface area contributed by atoms with Gasteiger partial charge in [0, 0.05) is 18.0 Å². The molecule has 0 fully saturated rings. The van der Waals surface area contributed by atoms with Gasteiger partial charge in [-0.3, -0.25) is 9.59 Å². The summed E-state index contributed by atoms with van der Waals surface area (Å²) < 4.78 is 24.5. The molecule has 0 saturated heterocycles. The smallest absolute Gasteiger partial charge is 0.261 e. The number of hydrogen-bond donors (Lipinski definition) is 2. The van der Waals surface area contributed by atoms with Gasteiger partial charge in [-0.1, -0.05) is 6.07 Å². The number of ketones is 1. The number of Topliss-reactive ketones (excluding diaryl/α,β-unsaturated/α-hetero) is 1. The highest BCUT2D eigenvalue weighted by atomic mass is 19.1. The van der Waals surface area contributed by atoms with Crippen LogP contribution in [0.3, 0.4) is 0 Å². The van der Waals surface area contributed by atoms with E-state index < -0.39 is 0 Å². The molecule has 0 spiro atoms. The lowest BCUT2D eigenvalue weighted by Gasteiger charge is -2.14. The zero-order valence-electron chi connectivity index (χ0n) is 18.5. The minimum absolute atomic E-state index is 0.163. The number of aromatic amines is 1. The van der Waals surface area contributed by atoms with Crippen molar-refractivity contribution in [2.45, 2.75) is 13.5 Å². The van der Waals surface area contributed by atoms with E-state index in [1.807, 2.05) is 25.1 Å². The summed E-state index contributed by atoms with van der Waals surface area (Å²) in [5.74, 6) is -0.684. The summed E-state index contributed by atoms with van der Waals surface area (Å²) >= 11 is 0. The van der Waals surface area contributed by atoms with Crippen molar-refractivity contribution in [1.29, 1.82) is 0 Å². The standard InChI is InChI=1S/C26H23FN2O4/c1-15-20(9-16-10-23(32-2)26(31)24(11-16)33-3)19-7-6-17(27)12-22(19)21(15)13-25(30)29-14-18-5-4-8-28-18/h4-13,28H,14H2,1-3H3,(H,29,30)/b21-13+. The Morgan fingerprint density at radius 3 is 2.48 bits per heavy atom. The second-order valence-corrected chi connectivity index (χ2v) is 7.60. The predicted octanol–water partition coefficient (Wildman–Crippen LogP) is 4.21. The van der Waals surface area contributed by atoms with Gasteiger partial charge in [0.1, 0.15) is 5.82 Å². The van der Waals surface area contributed by atoms with Crippen molar-refractivity contribution in [1.82, 2.24) is 10.3 Å². The second-order valence-electron chi connectivity index (χ2n) is 7.60. The molecule has 1 aromatic carbocycles. The molecule has 2 aliphatic carbocycles. The number of allylic oxidation sites excluding steroid dienone is 7. The highest BCUT2D eigenvalue weighted by Gasteiger charge is 2.26. The number of rotatable bonds is 6. The Morgan fingerprint density at radius 1 is 1.12 bits per heavy atom. The van der Waals surface area contributed by atoms with Crippen LogP contribution in [0.5, 0.6) is 0 Å². The van der Waals surface area contributed by atoms with Crippen LogP contribution < -0.4 is 5.32 Å². The molecule has 0 aliphatic heterocycles. The predicted molar refractivity (Wildman–Crippen MR) is 123 cm³/mol. The second kappa shape index (κ2) is 9.16. The van der Waals surface area contributed by atoms with E-state index in [-0.39, 0.29) is 29.0 Å². The molecular weight excluding hydrogens is 423 g/mol. The molecule has 7 heteroatoms. The van der Waals surface area contributed by atoms with Gasteiger partial charge in [-0.2, -0.15) is 0 Å². The zero-order chi connectivity index (χ0) is 23.5. The van der Waals surface area contributed by atoms with E-state index in [1.54, 1.807) is 24.4 Å². The highest BCUT2D eigenvalue weighted by Crippen LogP contribution is 2.43. The van der Waals surface area contributed by atoms with Gasteiger partial charge < -0.3 is 19.8 Å². The Balaban J connectivity index is 1.73. The molecule has 1 aromatic heterocycles. The number of amides is 1. The minimum Gasteiger partial charge on any atom is -0.492 e. The molecule has 0 radical (unpaired) electrons. The lowest BCUT2D eigenvalue weighted by atomic mass is 9.99. The fraction of sp³-hybridized carbons (Fsp3) is 0.154. The number of methoxy groups -OCH3 is 2. The van der Waals surface area contributed by atoms with Gasteiger partial charge >= 0.3 is 0 Å². The van der Waals surface area contributed by atoms with Crippen molar-refractivity contribution < 1.29 is 23.5 Å². The number of ether oxygens (including phenoxy) is 2. The molecule has 0 bridgehead atoms. The number of hydrogen-bond acceptors (Lipinski definition) is 4. The van der Waals surface area contributed by atoms with Crippen LogP contribution in [0.1, 0.15) is 23.7 Å². The van der Waals surface area contributed by atoms with Crippen molar-refractivity contribution in [3.8, 4) is 0 Å². The van der Waals surface area contributed by atoms with Gasteiger partial charge in [-0.05, 0) is 82.8 Å². The number of carbonyl (C=O) groups excluding carboxylic acids is 2. The lowest BCUT2D eigenvalue weighted by molar-refractivity contribution is -0.118. The average Bonchev–Trinajstić information content (AvgIpc) is 3.41. The third-order valence-electron chi connectivity index (χ3n) is 5.55. The van der Waals surface area contributed by atoms with Crippen LogP contribution in [-0.4, -0.2) is 30.9 Å². The lowest BCUT2D eigenvalue weighted by Crippen LogP contribution is -2.20. The normalized spacial score (nSPS) is 16.4. The van der Waals surface area contributed by atoms with Gasteiger partial charge in [-0.25, -0.2) is 4.39 Å². The van der Waals surface area contributed by atoms with Crippen molar-refractivity contribution in [3.05, 3.63) is 106 Å². The zero-order valence-corrected chi connectivity index (χ0v) is 18.5. The molecule has 2 aliphatic rings. The molecule has 1 amide bonds. The largest absolute Gasteiger partial charge is 0.492 e. The molecule has 2 aromatic rings. The summed E-state index contributed by atoms with van der Waals surface area (Å²) in [5, 5.41) is 2.84. The summed E-state index contributed by atoms with van der Waals surface area (Å²) in [7, 11) is 2.84. The number of carbonyl (C=O) groups is 2. The molecule has 33 heavy (non-hydrogen) atoms. The molecule has 168 valence electrons. The van der Waals surface area contributed by atoms with Crippen LogP contribution in [0.15, 0.2) is 83.5 Å². The molecule has 6 nitrogen and oxygen atoms in total. The van der Waals surface area contributed by atoms with Crippen molar-refractivity contribution in [2.75, 3.05) is 14.2 Å². The molecule has 0 atom stereocenters. The van der Waals surface area contributed by atoms with Crippen LogP contribution in [0.25, 0.3) is 11.1 Å². The third-order valence-corrected chi connectivity index (χ3v) is 5.55. The summed E-state index contributed by atoms with van der Waals surface area (Å²) in [6, 6.07) is 8.23. The van der Waals surface area contributed by atoms with Crippen LogP contribution >= 0.6 is 0 Å². The maximum atomic E-state index is 14.1. The van der Waals surface area contributed by atoms with E-state index in [4.69, 9.17) is 9.47 Å². The van der Waals surface area contributed by atoms with Crippen LogP contribution in [0, 0.1) is 5.82 Å². The summed E-state index contributed by atoms with van der Waals surface area (Å²) in [4.78, 5) is 27.9. The molecule has 4 rings (SSSR count). The topological polar surface area (TPSA) is 80.4 Å². The van der Waals surface area contributed by atoms with Gasteiger partial charge in [0.05, 0.1) is 20.8 Å². The number of nitrogens with one attached hydrogen (secondary N) is 2. The maximum Gasteiger partial charge on any atom is 0.261 e. The molecule has 0 unspecified atom stereocenters. The van der Waals surface area contributed by atoms with Gasteiger partial charge in [0.15, 0.2) is 11.5 Å². The number of halogens is 1. The first-order valence-corrected chi connectivity index (χ1v) is 10.3. The Hall–Kier alpha value is -4.13. The van der Waals surface area contributed by atoms with Crippen LogP contribution in [0.2, 0.25) is 0 Å². The Morgan fingerprint density at radius 2 is 1.85 bits per heavy atom. The maximum absolute atomic E-state index is 14.1. The van der Waals surface area contributed by atoms with Gasteiger partial charge in [-0.15, -0.1) is 0 Å².